The van der Waals surface area contributed by atoms with Crippen LogP contribution in [0.5, 0.6) is 0 Å². The molecule has 0 aliphatic rings. The summed E-state index contributed by atoms with van der Waals surface area (Å²) in [7, 11) is 1.34. The molecule has 104 valence electrons. The average molecular weight is 294 g/mol. The maximum Gasteiger partial charge on any atom is 0.337 e. The molecule has 2 rings (SSSR count). The largest absolute Gasteiger partial charge is 0.465 e. The minimum atomic E-state index is -0.460. The molecule has 0 aliphatic carbocycles. The van der Waals surface area contributed by atoms with Gasteiger partial charge in [0.25, 0.3) is 0 Å². The molecule has 0 amide bonds. The molecule has 0 radical (unpaired) electrons. The molecule has 0 saturated carbocycles. The fourth-order valence-corrected chi connectivity index (χ4v) is 1.80. The maximum atomic E-state index is 13.3. The van der Waals surface area contributed by atoms with Gasteiger partial charge in [-0.1, -0.05) is 23.7 Å². The summed E-state index contributed by atoms with van der Waals surface area (Å²) < 4.78 is 17.9. The molecule has 0 bridgehead atoms. The highest BCUT2D eigenvalue weighted by Crippen LogP contribution is 2.19. The molecule has 2 aromatic rings. The van der Waals surface area contributed by atoms with E-state index in [9.17, 15) is 9.18 Å². The van der Waals surface area contributed by atoms with E-state index in [1.165, 1.54) is 19.2 Å². The molecule has 0 unspecified atom stereocenters. The average Bonchev–Trinajstić information content (AvgIpc) is 2.48. The van der Waals surface area contributed by atoms with Gasteiger partial charge in [0, 0.05) is 12.2 Å². The fourth-order valence-electron chi connectivity index (χ4n) is 1.69. The Hall–Kier alpha value is -2.07. The summed E-state index contributed by atoms with van der Waals surface area (Å²) in [4.78, 5) is 11.3. The lowest BCUT2D eigenvalue weighted by atomic mass is 10.1. The van der Waals surface area contributed by atoms with Crippen molar-refractivity contribution in [2.75, 3.05) is 12.4 Å². The van der Waals surface area contributed by atoms with Gasteiger partial charge in [-0.25, -0.2) is 9.18 Å². The van der Waals surface area contributed by atoms with Crippen molar-refractivity contribution in [1.82, 2.24) is 0 Å². The number of carbonyl (C=O) groups is 1. The van der Waals surface area contributed by atoms with E-state index in [0.29, 0.717) is 17.8 Å². The fraction of sp³-hybridized carbons (Fsp3) is 0.133. The number of carbonyl (C=O) groups excluding carboxylic acids is 1. The van der Waals surface area contributed by atoms with E-state index in [-0.39, 0.29) is 11.0 Å². The topological polar surface area (TPSA) is 38.3 Å². The molecule has 0 saturated heterocycles. The number of benzene rings is 2. The van der Waals surface area contributed by atoms with Crippen molar-refractivity contribution in [3.8, 4) is 0 Å². The number of anilines is 1. The summed E-state index contributed by atoms with van der Waals surface area (Å²) in [5.41, 5.74) is 2.10. The molecule has 0 heterocycles. The van der Waals surface area contributed by atoms with Gasteiger partial charge in [-0.05, 0) is 35.9 Å². The summed E-state index contributed by atoms with van der Waals surface area (Å²) >= 11 is 5.61. The Balaban J connectivity index is 2.00. The van der Waals surface area contributed by atoms with Crippen molar-refractivity contribution < 1.29 is 13.9 Å². The van der Waals surface area contributed by atoms with E-state index in [4.69, 9.17) is 11.6 Å². The molecule has 0 fully saturated rings. The van der Waals surface area contributed by atoms with Crippen LogP contribution in [0.2, 0.25) is 5.02 Å². The summed E-state index contributed by atoms with van der Waals surface area (Å²) in [6.45, 7) is 0.516. The third kappa shape index (κ3) is 3.48. The number of ether oxygens (including phenoxy) is 1. The Morgan fingerprint density at radius 3 is 2.55 bits per heavy atom. The summed E-state index contributed by atoms with van der Waals surface area (Å²) in [5, 5.41) is 3.17. The van der Waals surface area contributed by atoms with Crippen molar-refractivity contribution in [1.29, 1.82) is 0 Å². The Kier molecular flexibility index (Phi) is 4.58. The second-order valence-electron chi connectivity index (χ2n) is 4.17. The first-order chi connectivity index (χ1) is 9.60. The lowest BCUT2D eigenvalue weighted by molar-refractivity contribution is 0.0600. The molecule has 0 atom stereocenters. The summed E-state index contributed by atoms with van der Waals surface area (Å²) in [6.07, 6.45) is 0. The number of methoxy groups -OCH3 is 1. The SMILES string of the molecule is COC(=O)c1ccc(CNc2ccc(Cl)c(F)c2)cc1. The molecule has 0 spiro atoms. The van der Waals surface area contributed by atoms with Gasteiger partial charge in [0.05, 0.1) is 17.7 Å². The van der Waals surface area contributed by atoms with Crippen LogP contribution in [0.1, 0.15) is 15.9 Å². The lowest BCUT2D eigenvalue weighted by Crippen LogP contribution is -2.03. The van der Waals surface area contributed by atoms with Gasteiger partial charge < -0.3 is 10.1 Å². The van der Waals surface area contributed by atoms with Gasteiger partial charge >= 0.3 is 5.97 Å². The van der Waals surface area contributed by atoms with Crippen molar-refractivity contribution in [3.05, 3.63) is 64.4 Å². The van der Waals surface area contributed by atoms with Crippen molar-refractivity contribution in [2.24, 2.45) is 0 Å². The van der Waals surface area contributed by atoms with Crippen LogP contribution in [0.3, 0.4) is 0 Å². The van der Waals surface area contributed by atoms with E-state index in [0.717, 1.165) is 5.56 Å². The zero-order valence-corrected chi connectivity index (χ0v) is 11.6. The molecular formula is C15H13ClFNO2. The molecule has 1 N–H and O–H groups in total. The first-order valence-electron chi connectivity index (χ1n) is 5.96. The normalized spacial score (nSPS) is 10.2. The predicted octanol–water partition coefficient (Wildman–Crippen LogP) is 3.88. The quantitative estimate of drug-likeness (QED) is 0.870. The molecular weight excluding hydrogens is 281 g/mol. The van der Waals surface area contributed by atoms with Crippen LogP contribution in [-0.2, 0) is 11.3 Å². The van der Waals surface area contributed by atoms with E-state index in [1.807, 2.05) is 12.1 Å². The van der Waals surface area contributed by atoms with Gasteiger partial charge in [-0.3, -0.25) is 0 Å². The number of nitrogens with one attached hydrogen (secondary N) is 1. The van der Waals surface area contributed by atoms with Gasteiger partial charge in [0.2, 0.25) is 0 Å². The van der Waals surface area contributed by atoms with Crippen molar-refractivity contribution in [3.63, 3.8) is 0 Å². The zero-order valence-electron chi connectivity index (χ0n) is 10.8. The van der Waals surface area contributed by atoms with Gasteiger partial charge in [-0.2, -0.15) is 0 Å². The van der Waals surface area contributed by atoms with Crippen molar-refractivity contribution >= 4 is 23.3 Å². The Morgan fingerprint density at radius 2 is 1.95 bits per heavy atom. The molecule has 5 heteroatoms. The van der Waals surface area contributed by atoms with Crippen LogP contribution in [0.15, 0.2) is 42.5 Å². The first-order valence-corrected chi connectivity index (χ1v) is 6.34. The smallest absolute Gasteiger partial charge is 0.337 e. The Morgan fingerprint density at radius 1 is 1.25 bits per heavy atom. The number of hydrogen-bond acceptors (Lipinski definition) is 3. The van der Waals surface area contributed by atoms with Gasteiger partial charge in [0.15, 0.2) is 0 Å². The predicted molar refractivity (Wildman–Crippen MR) is 76.5 cm³/mol. The van der Waals surface area contributed by atoms with Crippen LogP contribution < -0.4 is 5.32 Å². The highest BCUT2D eigenvalue weighted by molar-refractivity contribution is 6.30. The number of esters is 1. The third-order valence-corrected chi connectivity index (χ3v) is 3.10. The van der Waals surface area contributed by atoms with Crippen LogP contribution in [0.4, 0.5) is 10.1 Å². The van der Waals surface area contributed by atoms with E-state index in [1.54, 1.807) is 18.2 Å². The second-order valence-corrected chi connectivity index (χ2v) is 4.58. The molecule has 0 aliphatic heterocycles. The maximum absolute atomic E-state index is 13.3. The number of rotatable bonds is 4. The van der Waals surface area contributed by atoms with Crippen LogP contribution in [0, 0.1) is 5.82 Å². The molecule has 3 nitrogen and oxygen atoms in total. The highest BCUT2D eigenvalue weighted by atomic mass is 35.5. The number of halogens is 2. The van der Waals surface area contributed by atoms with E-state index >= 15 is 0 Å². The van der Waals surface area contributed by atoms with Crippen LogP contribution in [0.25, 0.3) is 0 Å². The van der Waals surface area contributed by atoms with E-state index < -0.39 is 5.82 Å². The third-order valence-electron chi connectivity index (χ3n) is 2.79. The monoisotopic (exact) mass is 293 g/mol. The minimum absolute atomic E-state index is 0.0954. The minimum Gasteiger partial charge on any atom is -0.465 e. The summed E-state index contributed by atoms with van der Waals surface area (Å²) in [6, 6.07) is 11.5. The lowest BCUT2D eigenvalue weighted by Gasteiger charge is -2.07. The second kappa shape index (κ2) is 6.39. The van der Waals surface area contributed by atoms with Crippen LogP contribution >= 0.6 is 11.6 Å². The molecule has 20 heavy (non-hydrogen) atoms. The molecule has 0 aromatic heterocycles. The Bertz CT molecular complexity index is 614. The Labute approximate surface area is 121 Å². The van der Waals surface area contributed by atoms with Crippen LogP contribution in [-0.4, -0.2) is 13.1 Å². The zero-order chi connectivity index (χ0) is 14.5. The number of hydrogen-bond donors (Lipinski definition) is 1. The molecule has 2 aromatic carbocycles. The summed E-state index contributed by atoms with van der Waals surface area (Å²) in [5.74, 6) is -0.831. The highest BCUT2D eigenvalue weighted by Gasteiger charge is 2.04. The van der Waals surface area contributed by atoms with Gasteiger partial charge in [-0.15, -0.1) is 0 Å². The van der Waals surface area contributed by atoms with E-state index in [2.05, 4.69) is 10.1 Å². The van der Waals surface area contributed by atoms with Crippen molar-refractivity contribution in [2.45, 2.75) is 6.54 Å². The standard InChI is InChI=1S/C15H13ClFNO2/c1-20-15(19)11-4-2-10(3-5-11)9-18-12-6-7-13(16)14(17)8-12/h2-8,18H,9H2,1H3. The first kappa shape index (κ1) is 14.3. The van der Waals surface area contributed by atoms with Gasteiger partial charge in [0.1, 0.15) is 5.82 Å².